The summed E-state index contributed by atoms with van der Waals surface area (Å²) in [6.07, 6.45) is 3.22. The second-order valence-corrected chi connectivity index (χ2v) is 8.36. The van der Waals surface area contributed by atoms with Gasteiger partial charge >= 0.3 is 0 Å². The van der Waals surface area contributed by atoms with Gasteiger partial charge in [-0.25, -0.2) is 0 Å². The summed E-state index contributed by atoms with van der Waals surface area (Å²) in [5, 5.41) is 0.105. The van der Waals surface area contributed by atoms with Crippen LogP contribution < -0.4 is 4.74 Å². The molecule has 0 saturated carbocycles. The van der Waals surface area contributed by atoms with E-state index >= 15 is 0 Å². The molecular formula is C20H18N2O4S2. The van der Waals surface area contributed by atoms with E-state index in [9.17, 15) is 13.2 Å². The van der Waals surface area contributed by atoms with Crippen LogP contribution in [0.2, 0.25) is 0 Å². The molecule has 8 heteroatoms. The Morgan fingerprint density at radius 1 is 1.14 bits per heavy atom. The number of sulfonamides is 1. The van der Waals surface area contributed by atoms with Crippen molar-refractivity contribution in [3.63, 3.8) is 0 Å². The molecule has 3 rings (SSSR count). The lowest BCUT2D eigenvalue weighted by molar-refractivity contribution is -0.121. The Labute approximate surface area is 168 Å². The number of rotatable bonds is 6. The summed E-state index contributed by atoms with van der Waals surface area (Å²) in [7, 11) is -2.35. The van der Waals surface area contributed by atoms with E-state index in [1.54, 1.807) is 43.5 Å². The van der Waals surface area contributed by atoms with Crippen molar-refractivity contribution >= 4 is 38.9 Å². The van der Waals surface area contributed by atoms with Crippen molar-refractivity contribution < 1.29 is 17.9 Å². The zero-order valence-electron chi connectivity index (χ0n) is 15.1. The number of thioether (sulfide) groups is 1. The average molecular weight is 415 g/mol. The number of benzene rings is 2. The van der Waals surface area contributed by atoms with Gasteiger partial charge in [-0.05, 0) is 47.7 Å². The fourth-order valence-corrected chi connectivity index (χ4v) is 4.68. The topological polar surface area (TPSA) is 76.0 Å². The third-order valence-electron chi connectivity index (χ3n) is 3.85. The van der Waals surface area contributed by atoms with Crippen molar-refractivity contribution in [1.82, 2.24) is 4.90 Å². The van der Waals surface area contributed by atoms with Crippen molar-refractivity contribution in [2.24, 2.45) is 4.40 Å². The van der Waals surface area contributed by atoms with Crippen LogP contribution in [0.1, 0.15) is 5.56 Å². The van der Waals surface area contributed by atoms with Crippen LogP contribution in [0.25, 0.3) is 6.08 Å². The average Bonchev–Trinajstić information content (AvgIpc) is 2.98. The molecule has 2 aromatic carbocycles. The van der Waals surface area contributed by atoms with E-state index in [-0.39, 0.29) is 22.5 Å². The van der Waals surface area contributed by atoms with Gasteiger partial charge in [0.2, 0.25) is 0 Å². The molecule has 2 aromatic rings. The molecular weight excluding hydrogens is 396 g/mol. The van der Waals surface area contributed by atoms with Gasteiger partial charge in [-0.3, -0.25) is 9.69 Å². The molecule has 0 aliphatic carbocycles. The number of nitrogens with zero attached hydrogens (tertiary/aromatic N) is 2. The maximum Gasteiger partial charge on any atom is 0.284 e. The second-order valence-electron chi connectivity index (χ2n) is 5.75. The number of amides is 1. The van der Waals surface area contributed by atoms with Crippen molar-refractivity contribution in [2.75, 3.05) is 13.7 Å². The van der Waals surface area contributed by atoms with Gasteiger partial charge in [0, 0.05) is 6.54 Å². The summed E-state index contributed by atoms with van der Waals surface area (Å²) >= 11 is 1.02. The van der Waals surface area contributed by atoms with Gasteiger partial charge in [-0.1, -0.05) is 36.4 Å². The number of hydrogen-bond donors (Lipinski definition) is 0. The lowest BCUT2D eigenvalue weighted by atomic mass is 10.2. The monoisotopic (exact) mass is 414 g/mol. The Morgan fingerprint density at radius 2 is 1.82 bits per heavy atom. The van der Waals surface area contributed by atoms with E-state index in [4.69, 9.17) is 4.74 Å². The highest BCUT2D eigenvalue weighted by Crippen LogP contribution is 2.33. The molecule has 1 aliphatic rings. The molecule has 1 amide bonds. The van der Waals surface area contributed by atoms with Crippen molar-refractivity contribution in [3.05, 3.63) is 77.7 Å². The molecule has 0 atom stereocenters. The summed E-state index contributed by atoms with van der Waals surface area (Å²) in [5.41, 5.74) is 0.794. The zero-order valence-corrected chi connectivity index (χ0v) is 16.7. The number of amidine groups is 1. The summed E-state index contributed by atoms with van der Waals surface area (Å²) < 4.78 is 34.2. The van der Waals surface area contributed by atoms with Crippen molar-refractivity contribution in [1.29, 1.82) is 0 Å². The highest BCUT2D eigenvalue weighted by Gasteiger charge is 2.34. The van der Waals surface area contributed by atoms with Gasteiger partial charge in [0.1, 0.15) is 5.75 Å². The Bertz CT molecular complexity index is 1040. The summed E-state index contributed by atoms with van der Waals surface area (Å²) in [6, 6.07) is 15.1. The normalized spacial score (nSPS) is 17.3. The molecule has 0 N–H and O–H groups in total. The van der Waals surface area contributed by atoms with Crippen LogP contribution in [0.4, 0.5) is 0 Å². The van der Waals surface area contributed by atoms with E-state index in [0.29, 0.717) is 10.7 Å². The Morgan fingerprint density at radius 3 is 2.43 bits per heavy atom. The minimum Gasteiger partial charge on any atom is -0.497 e. The van der Waals surface area contributed by atoms with Crippen LogP contribution in [0.3, 0.4) is 0 Å². The van der Waals surface area contributed by atoms with Crippen LogP contribution in [0.15, 0.2) is 81.5 Å². The predicted octanol–water partition coefficient (Wildman–Crippen LogP) is 3.54. The molecule has 0 spiro atoms. The van der Waals surface area contributed by atoms with Crippen LogP contribution in [-0.2, 0) is 14.8 Å². The third kappa shape index (κ3) is 4.35. The van der Waals surface area contributed by atoms with Gasteiger partial charge in [-0.2, -0.15) is 8.42 Å². The van der Waals surface area contributed by atoms with E-state index in [0.717, 1.165) is 17.3 Å². The quantitative estimate of drug-likeness (QED) is 0.534. The van der Waals surface area contributed by atoms with E-state index < -0.39 is 10.0 Å². The van der Waals surface area contributed by atoms with Crippen LogP contribution in [-0.4, -0.2) is 38.0 Å². The minimum absolute atomic E-state index is 0.0710. The summed E-state index contributed by atoms with van der Waals surface area (Å²) in [5.74, 6) is 0.389. The molecule has 0 bridgehead atoms. The molecule has 1 fully saturated rings. The molecule has 0 radical (unpaired) electrons. The SMILES string of the molecule is C=CCN1C(=O)/C(=C/c2ccc(OC)cc2)S/C1=N\S(=O)(=O)c1ccccc1. The van der Waals surface area contributed by atoms with E-state index in [1.165, 1.54) is 23.1 Å². The number of hydrogen-bond acceptors (Lipinski definition) is 5. The smallest absolute Gasteiger partial charge is 0.284 e. The minimum atomic E-state index is -3.93. The lowest BCUT2D eigenvalue weighted by Crippen LogP contribution is -2.29. The maximum absolute atomic E-state index is 12.7. The zero-order chi connectivity index (χ0) is 20.1. The predicted molar refractivity (Wildman–Crippen MR) is 112 cm³/mol. The summed E-state index contributed by atoms with van der Waals surface area (Å²) in [6.45, 7) is 3.80. The van der Waals surface area contributed by atoms with Gasteiger partial charge < -0.3 is 4.74 Å². The van der Waals surface area contributed by atoms with Gasteiger partial charge in [-0.15, -0.1) is 11.0 Å². The molecule has 1 saturated heterocycles. The fourth-order valence-electron chi connectivity index (χ4n) is 2.47. The van der Waals surface area contributed by atoms with E-state index in [1.807, 2.05) is 12.1 Å². The Kier molecular flexibility index (Phi) is 6.01. The fraction of sp³-hybridized carbons (Fsp3) is 0.100. The molecule has 0 aromatic heterocycles. The molecule has 1 heterocycles. The van der Waals surface area contributed by atoms with Crippen LogP contribution in [0, 0.1) is 0 Å². The first kappa shape index (κ1) is 19.9. The number of methoxy groups -OCH3 is 1. The number of ether oxygens (including phenoxy) is 1. The van der Waals surface area contributed by atoms with Gasteiger partial charge in [0.05, 0.1) is 16.9 Å². The third-order valence-corrected chi connectivity index (χ3v) is 6.26. The lowest BCUT2D eigenvalue weighted by Gasteiger charge is -2.12. The maximum atomic E-state index is 12.7. The van der Waals surface area contributed by atoms with E-state index in [2.05, 4.69) is 11.0 Å². The first-order valence-corrected chi connectivity index (χ1v) is 10.6. The van der Waals surface area contributed by atoms with Crippen LogP contribution in [0.5, 0.6) is 5.75 Å². The van der Waals surface area contributed by atoms with Crippen molar-refractivity contribution in [2.45, 2.75) is 4.90 Å². The molecule has 6 nitrogen and oxygen atoms in total. The van der Waals surface area contributed by atoms with Crippen molar-refractivity contribution in [3.8, 4) is 5.75 Å². The van der Waals surface area contributed by atoms with Gasteiger partial charge in [0.15, 0.2) is 5.17 Å². The molecule has 1 aliphatic heterocycles. The Hall–Kier alpha value is -2.84. The highest BCUT2D eigenvalue weighted by atomic mass is 32.2. The first-order valence-electron chi connectivity index (χ1n) is 8.31. The highest BCUT2D eigenvalue weighted by molar-refractivity contribution is 8.19. The Balaban J connectivity index is 1.96. The first-order chi connectivity index (χ1) is 13.4. The number of carbonyl (C=O) groups excluding carboxylic acids is 1. The summed E-state index contributed by atoms with van der Waals surface area (Å²) in [4.78, 5) is 14.5. The largest absolute Gasteiger partial charge is 0.497 e. The second kappa shape index (κ2) is 8.45. The molecule has 28 heavy (non-hydrogen) atoms. The van der Waals surface area contributed by atoms with Crippen LogP contribution >= 0.6 is 11.8 Å². The standard InChI is InChI=1S/C20H18N2O4S2/c1-3-13-22-19(23)18(14-15-9-11-16(26-2)12-10-15)27-20(22)21-28(24,25)17-7-5-4-6-8-17/h3-12,14H,1,13H2,2H3/b18-14-,21-20-. The number of carbonyl (C=O) groups is 1. The molecule has 0 unspecified atom stereocenters. The molecule has 144 valence electrons. The van der Waals surface area contributed by atoms with Gasteiger partial charge in [0.25, 0.3) is 15.9 Å².